The number of rotatable bonds is 9. The van der Waals surface area contributed by atoms with Gasteiger partial charge >= 0.3 is 5.97 Å². The van der Waals surface area contributed by atoms with Crippen LogP contribution in [-0.2, 0) is 14.3 Å². The summed E-state index contributed by atoms with van der Waals surface area (Å²) in [5.41, 5.74) is 1.60. The number of methoxy groups -OCH3 is 1. The van der Waals surface area contributed by atoms with E-state index in [1.54, 1.807) is 13.2 Å². The minimum atomic E-state index is -0.901. The zero-order chi connectivity index (χ0) is 15.7. The first-order valence-electron chi connectivity index (χ1n) is 6.77. The van der Waals surface area contributed by atoms with Gasteiger partial charge in [0.25, 0.3) is 0 Å². The van der Waals surface area contributed by atoms with E-state index in [-0.39, 0.29) is 18.7 Å². The minimum absolute atomic E-state index is 0.0154. The van der Waals surface area contributed by atoms with Crippen LogP contribution in [0.5, 0.6) is 5.75 Å². The van der Waals surface area contributed by atoms with Gasteiger partial charge in [0.1, 0.15) is 12.4 Å². The molecule has 0 aliphatic carbocycles. The first-order valence-corrected chi connectivity index (χ1v) is 6.77. The summed E-state index contributed by atoms with van der Waals surface area (Å²) >= 11 is 0. The lowest BCUT2D eigenvalue weighted by atomic mass is 10.2. The summed E-state index contributed by atoms with van der Waals surface area (Å²) in [6, 6.07) is 5.48. The third-order valence-electron chi connectivity index (χ3n) is 2.75. The molecule has 0 spiro atoms. The number of amides is 1. The van der Waals surface area contributed by atoms with Crippen LogP contribution in [0.1, 0.15) is 24.8 Å². The topological polar surface area (TPSA) is 84.9 Å². The Morgan fingerprint density at radius 2 is 2.00 bits per heavy atom. The molecule has 0 unspecified atom stereocenters. The molecule has 0 saturated heterocycles. The van der Waals surface area contributed by atoms with Crippen molar-refractivity contribution in [3.8, 4) is 5.75 Å². The quantitative estimate of drug-likeness (QED) is 0.682. The fourth-order valence-electron chi connectivity index (χ4n) is 1.70. The number of carboxylic acids is 1. The van der Waals surface area contributed by atoms with Crippen molar-refractivity contribution in [3.05, 3.63) is 23.8 Å². The van der Waals surface area contributed by atoms with Crippen molar-refractivity contribution in [2.75, 3.05) is 25.6 Å². The predicted molar refractivity (Wildman–Crippen MR) is 78.7 cm³/mol. The van der Waals surface area contributed by atoms with Crippen LogP contribution in [0, 0.1) is 6.92 Å². The number of benzene rings is 1. The lowest BCUT2D eigenvalue weighted by Gasteiger charge is -2.13. The van der Waals surface area contributed by atoms with Crippen LogP contribution in [0.2, 0.25) is 0 Å². The van der Waals surface area contributed by atoms with Gasteiger partial charge in [-0.15, -0.1) is 0 Å². The second-order valence-corrected chi connectivity index (χ2v) is 4.64. The average molecular weight is 295 g/mol. The van der Waals surface area contributed by atoms with Gasteiger partial charge in [-0.05, 0) is 31.0 Å². The molecule has 1 aromatic carbocycles. The summed E-state index contributed by atoms with van der Waals surface area (Å²) in [5.74, 6) is -0.544. The molecule has 0 aromatic heterocycles. The van der Waals surface area contributed by atoms with Gasteiger partial charge in [0.05, 0.1) is 12.3 Å². The molecular weight excluding hydrogens is 274 g/mol. The smallest absolute Gasteiger partial charge is 0.303 e. The van der Waals surface area contributed by atoms with E-state index in [4.69, 9.17) is 14.6 Å². The van der Waals surface area contributed by atoms with Crippen LogP contribution in [-0.4, -0.2) is 37.3 Å². The predicted octanol–water partition coefficient (Wildman–Crippen LogP) is 2.21. The normalized spacial score (nSPS) is 10.2. The third-order valence-corrected chi connectivity index (χ3v) is 2.75. The highest BCUT2D eigenvalue weighted by molar-refractivity contribution is 5.92. The van der Waals surface area contributed by atoms with Gasteiger partial charge < -0.3 is 19.9 Å². The number of anilines is 1. The zero-order valence-electron chi connectivity index (χ0n) is 12.3. The Morgan fingerprint density at radius 1 is 1.24 bits per heavy atom. The van der Waals surface area contributed by atoms with Crippen LogP contribution < -0.4 is 10.1 Å². The van der Waals surface area contributed by atoms with Crippen LogP contribution in [0.3, 0.4) is 0 Å². The number of ether oxygens (including phenoxy) is 2. The van der Waals surface area contributed by atoms with Crippen LogP contribution in [0.15, 0.2) is 18.2 Å². The van der Waals surface area contributed by atoms with Crippen LogP contribution >= 0.6 is 0 Å². The first-order chi connectivity index (χ1) is 10.0. The van der Waals surface area contributed by atoms with E-state index >= 15 is 0 Å². The summed E-state index contributed by atoms with van der Waals surface area (Å²) in [5, 5.41) is 11.3. The van der Waals surface area contributed by atoms with E-state index in [1.165, 1.54) is 0 Å². The number of hydrogen-bond acceptors (Lipinski definition) is 4. The van der Waals surface area contributed by atoms with Crippen molar-refractivity contribution < 1.29 is 24.2 Å². The lowest BCUT2D eigenvalue weighted by Crippen LogP contribution is -2.14. The number of carbonyl (C=O) groups is 2. The largest absolute Gasteiger partial charge is 0.489 e. The fraction of sp³-hybridized carbons (Fsp3) is 0.467. The van der Waals surface area contributed by atoms with Crippen molar-refractivity contribution in [3.63, 3.8) is 0 Å². The number of carboxylic acid groups (broad SMARTS) is 1. The number of nitrogens with one attached hydrogen (secondary N) is 1. The Hall–Kier alpha value is -2.08. The van der Waals surface area contributed by atoms with Crippen LogP contribution in [0.25, 0.3) is 0 Å². The van der Waals surface area contributed by atoms with Crippen LogP contribution in [0.4, 0.5) is 5.69 Å². The monoisotopic (exact) mass is 295 g/mol. The molecule has 6 nitrogen and oxygen atoms in total. The van der Waals surface area contributed by atoms with Gasteiger partial charge in [0.2, 0.25) is 5.91 Å². The van der Waals surface area contributed by atoms with Crippen molar-refractivity contribution >= 4 is 17.6 Å². The highest BCUT2D eigenvalue weighted by Crippen LogP contribution is 2.26. The fourth-order valence-corrected chi connectivity index (χ4v) is 1.70. The Bertz CT molecular complexity index is 487. The third kappa shape index (κ3) is 6.76. The molecule has 0 atom stereocenters. The number of carbonyl (C=O) groups excluding carboxylic acids is 1. The van der Waals surface area contributed by atoms with E-state index in [9.17, 15) is 9.59 Å². The van der Waals surface area contributed by atoms with E-state index in [1.807, 2.05) is 19.1 Å². The van der Waals surface area contributed by atoms with Gasteiger partial charge in [-0.25, -0.2) is 0 Å². The zero-order valence-corrected chi connectivity index (χ0v) is 12.3. The molecule has 116 valence electrons. The molecule has 1 aromatic rings. The summed E-state index contributed by atoms with van der Waals surface area (Å²) in [4.78, 5) is 22.2. The van der Waals surface area contributed by atoms with Gasteiger partial charge in [-0.1, -0.05) is 6.07 Å². The summed E-state index contributed by atoms with van der Waals surface area (Å²) in [6.45, 7) is 2.78. The highest BCUT2D eigenvalue weighted by atomic mass is 16.5. The second kappa shape index (κ2) is 8.97. The summed E-state index contributed by atoms with van der Waals surface area (Å²) < 4.78 is 10.5. The standard InChI is InChI=1S/C15H21NO5/c1-11-6-7-12(13(10-11)21-9-8-20-2)16-14(17)4-3-5-15(18)19/h6-7,10H,3-5,8-9H2,1-2H3,(H,16,17)(H,18,19). The molecule has 2 N–H and O–H groups in total. The van der Waals surface area contributed by atoms with Crippen molar-refractivity contribution in [2.45, 2.75) is 26.2 Å². The Kier molecular flexibility index (Phi) is 7.25. The van der Waals surface area contributed by atoms with Gasteiger partial charge in [0, 0.05) is 20.0 Å². The summed E-state index contributed by atoms with van der Waals surface area (Å²) in [6.07, 6.45) is 0.461. The molecular formula is C15H21NO5. The first kappa shape index (κ1) is 17.0. The SMILES string of the molecule is COCCOc1cc(C)ccc1NC(=O)CCCC(=O)O. The van der Waals surface area contributed by atoms with E-state index in [2.05, 4.69) is 5.32 Å². The molecule has 0 aliphatic rings. The Morgan fingerprint density at radius 3 is 2.67 bits per heavy atom. The molecule has 0 bridgehead atoms. The molecule has 1 amide bonds. The number of aryl methyl sites for hydroxylation is 1. The molecule has 21 heavy (non-hydrogen) atoms. The van der Waals surface area contributed by atoms with Crippen molar-refractivity contribution in [1.82, 2.24) is 0 Å². The van der Waals surface area contributed by atoms with E-state index in [0.717, 1.165) is 5.56 Å². The van der Waals surface area contributed by atoms with Crippen molar-refractivity contribution in [1.29, 1.82) is 0 Å². The molecule has 0 fully saturated rings. The number of aliphatic carboxylic acids is 1. The molecule has 1 rings (SSSR count). The second-order valence-electron chi connectivity index (χ2n) is 4.64. The average Bonchev–Trinajstić information content (AvgIpc) is 2.41. The maximum absolute atomic E-state index is 11.8. The van der Waals surface area contributed by atoms with Crippen molar-refractivity contribution in [2.24, 2.45) is 0 Å². The molecule has 6 heteroatoms. The maximum atomic E-state index is 11.8. The minimum Gasteiger partial charge on any atom is -0.489 e. The van der Waals surface area contributed by atoms with E-state index < -0.39 is 5.97 Å². The molecule has 0 radical (unpaired) electrons. The Labute approximate surface area is 124 Å². The number of hydrogen-bond donors (Lipinski definition) is 2. The van der Waals surface area contributed by atoms with Gasteiger partial charge in [0.15, 0.2) is 0 Å². The molecule has 0 saturated carbocycles. The summed E-state index contributed by atoms with van der Waals surface area (Å²) in [7, 11) is 1.59. The van der Waals surface area contributed by atoms with Gasteiger partial charge in [-0.3, -0.25) is 9.59 Å². The highest BCUT2D eigenvalue weighted by Gasteiger charge is 2.09. The lowest BCUT2D eigenvalue weighted by molar-refractivity contribution is -0.137. The Balaban J connectivity index is 2.59. The molecule has 0 aliphatic heterocycles. The van der Waals surface area contributed by atoms with Gasteiger partial charge in [-0.2, -0.15) is 0 Å². The maximum Gasteiger partial charge on any atom is 0.303 e. The van der Waals surface area contributed by atoms with E-state index in [0.29, 0.717) is 31.1 Å². The molecule has 0 heterocycles.